The summed E-state index contributed by atoms with van der Waals surface area (Å²) >= 11 is 0. The third-order valence-electron chi connectivity index (χ3n) is 10.9. The Hall–Kier alpha value is -7.69. The van der Waals surface area contributed by atoms with Crippen LogP contribution in [-0.2, 0) is 0 Å². The lowest BCUT2D eigenvalue weighted by molar-refractivity contribution is 0.669. The van der Waals surface area contributed by atoms with Crippen molar-refractivity contribution >= 4 is 43.6 Å². The lowest BCUT2D eigenvalue weighted by Crippen LogP contribution is -1.96. The van der Waals surface area contributed by atoms with Gasteiger partial charge in [-0.1, -0.05) is 176 Å². The molecule has 0 aliphatic carbocycles. The first-order chi connectivity index (χ1) is 28.2. The summed E-state index contributed by atoms with van der Waals surface area (Å²) < 4.78 is 6.62. The van der Waals surface area contributed by atoms with Crippen molar-refractivity contribution in [3.8, 4) is 67.4 Å². The Morgan fingerprint density at radius 3 is 1.49 bits per heavy atom. The van der Waals surface area contributed by atoms with Gasteiger partial charge < -0.3 is 4.42 Å². The molecular formula is C53H33N3O. The summed E-state index contributed by atoms with van der Waals surface area (Å²) in [5.74, 6) is 0.687. The summed E-state index contributed by atoms with van der Waals surface area (Å²) in [6.07, 6.45) is 0. The number of rotatable bonds is 6. The summed E-state index contributed by atoms with van der Waals surface area (Å²) in [5.41, 5.74) is 13.9. The van der Waals surface area contributed by atoms with Crippen LogP contribution in [0.4, 0.5) is 0 Å². The average Bonchev–Trinajstić information content (AvgIpc) is 3.67. The Kier molecular flexibility index (Phi) is 7.78. The molecular weight excluding hydrogens is 695 g/mol. The van der Waals surface area contributed by atoms with Crippen LogP contribution in [0.25, 0.3) is 111 Å². The van der Waals surface area contributed by atoms with Gasteiger partial charge in [-0.15, -0.1) is 0 Å². The molecule has 0 amide bonds. The number of furan rings is 1. The second-order valence-electron chi connectivity index (χ2n) is 14.3. The zero-order valence-corrected chi connectivity index (χ0v) is 30.8. The van der Waals surface area contributed by atoms with E-state index in [1.807, 2.05) is 42.5 Å². The van der Waals surface area contributed by atoms with Crippen molar-refractivity contribution in [3.63, 3.8) is 0 Å². The first-order valence-corrected chi connectivity index (χ1v) is 19.2. The van der Waals surface area contributed by atoms with Gasteiger partial charge in [0.15, 0.2) is 5.82 Å². The highest BCUT2D eigenvalue weighted by Gasteiger charge is 2.22. The highest BCUT2D eigenvalue weighted by molar-refractivity contribution is 6.27. The predicted molar refractivity (Wildman–Crippen MR) is 235 cm³/mol. The smallest absolute Gasteiger partial charge is 0.160 e. The number of pyridine rings is 1. The fourth-order valence-corrected chi connectivity index (χ4v) is 8.15. The second kappa shape index (κ2) is 13.6. The highest BCUT2D eigenvalue weighted by atomic mass is 16.3. The molecule has 0 unspecified atom stereocenters. The topological polar surface area (TPSA) is 51.8 Å². The number of aromatic nitrogens is 3. The van der Waals surface area contributed by atoms with Crippen LogP contribution in [0.2, 0.25) is 0 Å². The minimum absolute atomic E-state index is 0.687. The summed E-state index contributed by atoms with van der Waals surface area (Å²) in [6.45, 7) is 0. The zero-order chi connectivity index (χ0) is 37.7. The highest BCUT2D eigenvalue weighted by Crippen LogP contribution is 2.46. The number of para-hydroxylation sites is 2. The van der Waals surface area contributed by atoms with Gasteiger partial charge in [0.2, 0.25) is 0 Å². The van der Waals surface area contributed by atoms with Gasteiger partial charge >= 0.3 is 0 Å². The van der Waals surface area contributed by atoms with Gasteiger partial charge in [-0.25, -0.2) is 15.0 Å². The van der Waals surface area contributed by atoms with E-state index in [-0.39, 0.29) is 0 Å². The average molecular weight is 728 g/mol. The van der Waals surface area contributed by atoms with Crippen LogP contribution in [0.5, 0.6) is 0 Å². The normalized spacial score (nSPS) is 11.5. The number of fused-ring (bicyclic) bond motifs is 6. The molecule has 0 atom stereocenters. The number of hydrogen-bond donors (Lipinski definition) is 0. The maximum atomic E-state index is 6.62. The molecule has 3 aromatic heterocycles. The van der Waals surface area contributed by atoms with Crippen molar-refractivity contribution in [2.45, 2.75) is 0 Å². The third kappa shape index (κ3) is 5.74. The van der Waals surface area contributed by atoms with Gasteiger partial charge in [0.05, 0.1) is 22.6 Å². The Morgan fingerprint density at radius 2 is 0.825 bits per heavy atom. The van der Waals surface area contributed by atoms with E-state index in [2.05, 4.69) is 158 Å². The van der Waals surface area contributed by atoms with Crippen LogP contribution >= 0.6 is 0 Å². The quantitative estimate of drug-likeness (QED) is 0.160. The molecule has 3 heterocycles. The van der Waals surface area contributed by atoms with Gasteiger partial charge in [0.1, 0.15) is 11.2 Å². The molecule has 0 radical (unpaired) electrons. The molecule has 11 aromatic rings. The molecule has 4 nitrogen and oxygen atoms in total. The van der Waals surface area contributed by atoms with Crippen molar-refractivity contribution in [3.05, 3.63) is 200 Å². The molecule has 0 aliphatic rings. The first-order valence-electron chi connectivity index (χ1n) is 19.2. The molecule has 0 saturated carbocycles. The minimum atomic E-state index is 0.687. The van der Waals surface area contributed by atoms with Crippen molar-refractivity contribution < 1.29 is 4.42 Å². The maximum Gasteiger partial charge on any atom is 0.160 e. The largest absolute Gasteiger partial charge is 0.456 e. The monoisotopic (exact) mass is 727 g/mol. The third-order valence-corrected chi connectivity index (χ3v) is 10.9. The molecule has 11 rings (SSSR count). The van der Waals surface area contributed by atoms with E-state index in [4.69, 9.17) is 19.4 Å². The molecule has 0 saturated heterocycles. The van der Waals surface area contributed by atoms with E-state index >= 15 is 0 Å². The van der Waals surface area contributed by atoms with Gasteiger partial charge in [0.25, 0.3) is 0 Å². The van der Waals surface area contributed by atoms with Crippen molar-refractivity contribution in [1.82, 2.24) is 15.0 Å². The van der Waals surface area contributed by atoms with Crippen molar-refractivity contribution in [2.24, 2.45) is 0 Å². The number of nitrogens with zero attached hydrogens (tertiary/aromatic N) is 3. The Morgan fingerprint density at radius 1 is 0.316 bits per heavy atom. The molecule has 0 N–H and O–H groups in total. The van der Waals surface area contributed by atoms with Gasteiger partial charge in [0, 0.05) is 54.7 Å². The van der Waals surface area contributed by atoms with E-state index in [1.54, 1.807) is 0 Å². The van der Waals surface area contributed by atoms with Crippen LogP contribution < -0.4 is 0 Å². The molecule has 0 bridgehead atoms. The molecule has 8 aromatic carbocycles. The Bertz CT molecular complexity index is 3250. The standard InChI is InChI=1S/C53H33N3O/c1-4-14-34(15-5-1)35-24-26-36(27-25-35)45-33-46(56-53(55-45)40-18-8-3-9-19-40)37-28-30-38(31-29-37)49-50-41-20-10-12-22-44(41)54-52(39-16-6-2-7-17-39)43(50)32-48-51(49)42-21-11-13-23-47(42)57-48/h1-33H. The SMILES string of the molecule is c1ccc(-c2ccc(-c3cc(-c4ccc(-c5c6c(cc7c(-c8ccccc8)nc8ccccc8c57)oc5ccccc56)cc4)nc(-c4ccccc4)n3)cc2)cc1. The fraction of sp³-hybridized carbons (Fsp3) is 0. The van der Waals surface area contributed by atoms with Gasteiger partial charge in [-0.05, 0) is 41.0 Å². The molecule has 0 spiro atoms. The molecule has 4 heteroatoms. The van der Waals surface area contributed by atoms with Crippen LogP contribution in [0.1, 0.15) is 0 Å². The van der Waals surface area contributed by atoms with Crippen molar-refractivity contribution in [1.29, 1.82) is 0 Å². The van der Waals surface area contributed by atoms with E-state index < -0.39 is 0 Å². The molecule has 0 fully saturated rings. The van der Waals surface area contributed by atoms with Crippen molar-refractivity contribution in [2.75, 3.05) is 0 Å². The van der Waals surface area contributed by atoms with Crippen LogP contribution in [0, 0.1) is 0 Å². The Balaban J connectivity index is 1.11. The minimum Gasteiger partial charge on any atom is -0.456 e. The maximum absolute atomic E-state index is 6.62. The van der Waals surface area contributed by atoms with Crippen LogP contribution in [0.15, 0.2) is 205 Å². The van der Waals surface area contributed by atoms with E-state index in [0.717, 1.165) is 94.1 Å². The second-order valence-corrected chi connectivity index (χ2v) is 14.3. The fourth-order valence-electron chi connectivity index (χ4n) is 8.15. The van der Waals surface area contributed by atoms with E-state index in [1.165, 1.54) is 11.1 Å². The zero-order valence-electron chi connectivity index (χ0n) is 30.8. The molecule has 57 heavy (non-hydrogen) atoms. The lowest BCUT2D eigenvalue weighted by Gasteiger charge is -2.16. The Labute approximate surface area is 329 Å². The number of hydrogen-bond acceptors (Lipinski definition) is 4. The molecule has 0 aliphatic heterocycles. The summed E-state index contributed by atoms with van der Waals surface area (Å²) in [6, 6.07) is 69.6. The first kappa shape index (κ1) is 32.7. The summed E-state index contributed by atoms with van der Waals surface area (Å²) in [7, 11) is 0. The van der Waals surface area contributed by atoms with E-state index in [0.29, 0.717) is 5.82 Å². The van der Waals surface area contributed by atoms with Gasteiger partial charge in [-0.2, -0.15) is 0 Å². The lowest BCUT2D eigenvalue weighted by atomic mass is 9.89. The predicted octanol–water partition coefficient (Wildman–Crippen LogP) is 14.1. The number of benzene rings is 8. The van der Waals surface area contributed by atoms with Crippen LogP contribution in [0.3, 0.4) is 0 Å². The van der Waals surface area contributed by atoms with Crippen LogP contribution in [-0.4, -0.2) is 15.0 Å². The summed E-state index contributed by atoms with van der Waals surface area (Å²) in [5, 5.41) is 5.49. The van der Waals surface area contributed by atoms with Gasteiger partial charge in [-0.3, -0.25) is 0 Å². The molecule has 266 valence electrons. The van der Waals surface area contributed by atoms with E-state index in [9.17, 15) is 0 Å². The summed E-state index contributed by atoms with van der Waals surface area (Å²) in [4.78, 5) is 15.5.